The molecule has 2 rings (SSSR count). The predicted octanol–water partition coefficient (Wildman–Crippen LogP) is 2.12. The van der Waals surface area contributed by atoms with Gasteiger partial charge in [0.05, 0.1) is 0 Å². The number of hydrogen-bond acceptors (Lipinski definition) is 3. The molecule has 0 radical (unpaired) electrons. The third kappa shape index (κ3) is 1.70. The van der Waals surface area contributed by atoms with Gasteiger partial charge in [0.2, 0.25) is 0 Å². The molecule has 1 N–H and O–H groups in total. The van der Waals surface area contributed by atoms with E-state index in [1.165, 1.54) is 0 Å². The molecule has 0 aromatic heterocycles. The van der Waals surface area contributed by atoms with Crippen molar-refractivity contribution < 1.29 is 9.90 Å². The molecule has 0 bridgehead atoms. The molecular weight excluding hydrogens is 196 g/mol. The van der Waals surface area contributed by atoms with Crippen LogP contribution in [0.25, 0.3) is 0 Å². The van der Waals surface area contributed by atoms with Crippen molar-refractivity contribution in [2.24, 2.45) is 0 Å². The number of rotatable bonds is 3. The van der Waals surface area contributed by atoms with Gasteiger partial charge in [-0.05, 0) is 31.2 Å². The number of Topliss-reactive ketones (excluding diaryl/α,β-unsaturated/α-hetero) is 1. The fourth-order valence-corrected chi connectivity index (χ4v) is 1.84. The molecule has 0 aliphatic heterocycles. The van der Waals surface area contributed by atoms with E-state index in [4.69, 9.17) is 0 Å². The van der Waals surface area contributed by atoms with Crippen LogP contribution in [-0.2, 0) is 0 Å². The Hall–Kier alpha value is -0.800. The van der Waals surface area contributed by atoms with Crippen LogP contribution in [0.4, 0.5) is 0 Å². The standard InChI is InChI=1S/C11H12O2S/c1-14-9-4-2-3-8(7-9)10(12)11(13)5-6-11/h2-4,7,13H,5-6H2,1H3. The highest BCUT2D eigenvalue weighted by atomic mass is 32.2. The molecule has 2 nitrogen and oxygen atoms in total. The smallest absolute Gasteiger partial charge is 0.194 e. The predicted molar refractivity (Wildman–Crippen MR) is 56.7 cm³/mol. The largest absolute Gasteiger partial charge is 0.382 e. The fourth-order valence-electron chi connectivity index (χ4n) is 1.38. The number of aliphatic hydroxyl groups is 1. The molecule has 0 atom stereocenters. The first-order chi connectivity index (χ1) is 6.65. The van der Waals surface area contributed by atoms with Crippen LogP contribution < -0.4 is 0 Å². The van der Waals surface area contributed by atoms with Crippen molar-refractivity contribution in [1.82, 2.24) is 0 Å². The van der Waals surface area contributed by atoms with E-state index in [1.54, 1.807) is 17.8 Å². The minimum absolute atomic E-state index is 0.131. The summed E-state index contributed by atoms with van der Waals surface area (Å²) in [5.41, 5.74) is -0.423. The Morgan fingerprint density at radius 3 is 2.79 bits per heavy atom. The van der Waals surface area contributed by atoms with E-state index in [-0.39, 0.29) is 5.78 Å². The molecular formula is C11H12O2S. The van der Waals surface area contributed by atoms with Gasteiger partial charge in [0.15, 0.2) is 5.78 Å². The van der Waals surface area contributed by atoms with Crippen molar-refractivity contribution in [3.05, 3.63) is 29.8 Å². The lowest BCUT2D eigenvalue weighted by atomic mass is 10.1. The van der Waals surface area contributed by atoms with Gasteiger partial charge in [0.1, 0.15) is 5.60 Å². The highest BCUT2D eigenvalue weighted by molar-refractivity contribution is 7.98. The number of thioether (sulfide) groups is 1. The van der Waals surface area contributed by atoms with Crippen LogP contribution in [0.5, 0.6) is 0 Å². The number of carbonyl (C=O) groups excluding carboxylic acids is 1. The molecule has 0 amide bonds. The van der Waals surface area contributed by atoms with E-state index in [2.05, 4.69) is 0 Å². The van der Waals surface area contributed by atoms with Crippen molar-refractivity contribution in [2.75, 3.05) is 6.26 Å². The molecule has 0 unspecified atom stereocenters. The van der Waals surface area contributed by atoms with Crippen molar-refractivity contribution in [3.63, 3.8) is 0 Å². The highest BCUT2D eigenvalue weighted by Crippen LogP contribution is 2.38. The van der Waals surface area contributed by atoms with Crippen LogP contribution in [0, 0.1) is 0 Å². The molecule has 1 aromatic rings. The molecule has 1 saturated carbocycles. The zero-order valence-corrected chi connectivity index (χ0v) is 8.80. The second kappa shape index (κ2) is 3.41. The Balaban J connectivity index is 2.27. The lowest BCUT2D eigenvalue weighted by molar-refractivity contribution is 0.0690. The first-order valence-corrected chi connectivity index (χ1v) is 5.79. The molecule has 1 fully saturated rings. The lowest BCUT2D eigenvalue weighted by Gasteiger charge is -2.06. The molecule has 1 aliphatic carbocycles. The van der Waals surface area contributed by atoms with Crippen LogP contribution in [0.2, 0.25) is 0 Å². The first-order valence-electron chi connectivity index (χ1n) is 4.57. The average molecular weight is 208 g/mol. The van der Waals surface area contributed by atoms with E-state index in [0.29, 0.717) is 18.4 Å². The Bertz CT molecular complexity index is 369. The molecule has 0 spiro atoms. The minimum atomic E-state index is -1.04. The van der Waals surface area contributed by atoms with Crippen molar-refractivity contribution >= 4 is 17.5 Å². The van der Waals surface area contributed by atoms with Crippen molar-refractivity contribution in [1.29, 1.82) is 0 Å². The Morgan fingerprint density at radius 1 is 1.50 bits per heavy atom. The van der Waals surface area contributed by atoms with Gasteiger partial charge in [0, 0.05) is 10.5 Å². The van der Waals surface area contributed by atoms with Gasteiger partial charge >= 0.3 is 0 Å². The van der Waals surface area contributed by atoms with Crippen LogP contribution >= 0.6 is 11.8 Å². The second-order valence-electron chi connectivity index (χ2n) is 3.59. The number of benzene rings is 1. The maximum absolute atomic E-state index is 11.7. The second-order valence-corrected chi connectivity index (χ2v) is 4.47. The Labute approximate surface area is 87.3 Å². The minimum Gasteiger partial charge on any atom is -0.382 e. The number of carbonyl (C=O) groups is 1. The molecule has 0 heterocycles. The van der Waals surface area contributed by atoms with Gasteiger partial charge in [-0.3, -0.25) is 4.79 Å². The van der Waals surface area contributed by atoms with Crippen LogP contribution in [-0.4, -0.2) is 22.7 Å². The number of ketones is 1. The molecule has 74 valence electrons. The summed E-state index contributed by atoms with van der Waals surface area (Å²) in [7, 11) is 0. The Kier molecular flexibility index (Phi) is 2.37. The molecule has 1 aliphatic rings. The third-order valence-corrected chi connectivity index (χ3v) is 3.20. The van der Waals surface area contributed by atoms with E-state index >= 15 is 0 Å². The topological polar surface area (TPSA) is 37.3 Å². The zero-order valence-electron chi connectivity index (χ0n) is 7.99. The average Bonchev–Trinajstić information content (AvgIpc) is 2.97. The van der Waals surface area contributed by atoms with Gasteiger partial charge in [-0.15, -0.1) is 11.8 Å². The molecule has 0 saturated heterocycles. The van der Waals surface area contributed by atoms with Gasteiger partial charge in [-0.1, -0.05) is 12.1 Å². The van der Waals surface area contributed by atoms with Crippen molar-refractivity contribution in [2.45, 2.75) is 23.3 Å². The fraction of sp³-hybridized carbons (Fsp3) is 0.364. The summed E-state index contributed by atoms with van der Waals surface area (Å²) < 4.78 is 0. The van der Waals surface area contributed by atoms with Crippen LogP contribution in [0.15, 0.2) is 29.2 Å². The maximum atomic E-state index is 11.7. The summed E-state index contributed by atoms with van der Waals surface area (Å²) in [6, 6.07) is 7.41. The summed E-state index contributed by atoms with van der Waals surface area (Å²) >= 11 is 1.60. The summed E-state index contributed by atoms with van der Waals surface area (Å²) in [5, 5.41) is 9.66. The van der Waals surface area contributed by atoms with Crippen molar-refractivity contribution in [3.8, 4) is 0 Å². The van der Waals surface area contributed by atoms with E-state index in [0.717, 1.165) is 4.90 Å². The SMILES string of the molecule is CSc1cccc(C(=O)C2(O)CC2)c1. The summed E-state index contributed by atoms with van der Waals surface area (Å²) in [6.07, 6.45) is 3.18. The highest BCUT2D eigenvalue weighted by Gasteiger charge is 2.48. The number of hydrogen-bond donors (Lipinski definition) is 1. The Morgan fingerprint density at radius 2 is 2.21 bits per heavy atom. The first kappa shape index (κ1) is 9.74. The molecule has 14 heavy (non-hydrogen) atoms. The van der Waals surface area contributed by atoms with Crippen LogP contribution in [0.1, 0.15) is 23.2 Å². The summed E-state index contributed by atoms with van der Waals surface area (Å²) in [5.74, 6) is -0.131. The van der Waals surface area contributed by atoms with E-state index in [1.807, 2.05) is 24.5 Å². The van der Waals surface area contributed by atoms with Gasteiger partial charge in [-0.2, -0.15) is 0 Å². The van der Waals surface area contributed by atoms with E-state index in [9.17, 15) is 9.90 Å². The summed E-state index contributed by atoms with van der Waals surface area (Å²) in [6.45, 7) is 0. The summed E-state index contributed by atoms with van der Waals surface area (Å²) in [4.78, 5) is 12.8. The zero-order chi connectivity index (χ0) is 10.2. The molecule has 3 heteroatoms. The third-order valence-electron chi connectivity index (χ3n) is 2.48. The van der Waals surface area contributed by atoms with Crippen LogP contribution in [0.3, 0.4) is 0 Å². The quantitative estimate of drug-likeness (QED) is 0.610. The maximum Gasteiger partial charge on any atom is 0.194 e. The monoisotopic (exact) mass is 208 g/mol. The normalized spacial score (nSPS) is 17.9. The molecule has 1 aromatic carbocycles. The van der Waals surface area contributed by atoms with Gasteiger partial charge in [-0.25, -0.2) is 0 Å². The van der Waals surface area contributed by atoms with E-state index < -0.39 is 5.60 Å². The van der Waals surface area contributed by atoms with Gasteiger partial charge in [0.25, 0.3) is 0 Å². The lowest BCUT2D eigenvalue weighted by Crippen LogP contribution is -2.21. The van der Waals surface area contributed by atoms with Gasteiger partial charge < -0.3 is 5.11 Å².